The molecule has 0 unspecified atom stereocenters. The number of amides is 1. The molecule has 0 bridgehead atoms. The van der Waals surface area contributed by atoms with Gasteiger partial charge in [0, 0.05) is 18.7 Å². The van der Waals surface area contributed by atoms with E-state index in [0.717, 1.165) is 19.6 Å². The first-order chi connectivity index (χ1) is 8.75. The zero-order valence-corrected chi connectivity index (χ0v) is 10.6. The summed E-state index contributed by atoms with van der Waals surface area (Å²) in [5.41, 5.74) is 0.677. The third-order valence-electron chi connectivity index (χ3n) is 3.29. The van der Waals surface area contributed by atoms with Crippen molar-refractivity contribution in [1.29, 1.82) is 0 Å². The lowest BCUT2D eigenvalue weighted by molar-refractivity contribution is -0.120. The number of benzene rings is 1. The van der Waals surface area contributed by atoms with E-state index >= 15 is 0 Å². The van der Waals surface area contributed by atoms with Crippen molar-refractivity contribution in [3.63, 3.8) is 0 Å². The molecule has 0 aromatic heterocycles. The second-order valence-corrected chi connectivity index (χ2v) is 4.70. The molecule has 0 saturated carbocycles. The summed E-state index contributed by atoms with van der Waals surface area (Å²) in [6.07, 6.45) is 2.78. The van der Waals surface area contributed by atoms with Gasteiger partial charge in [-0.05, 0) is 32.0 Å². The maximum absolute atomic E-state index is 11.7. The molecular formula is C14H20N2O2. The van der Waals surface area contributed by atoms with Crippen molar-refractivity contribution in [3.8, 4) is 5.75 Å². The summed E-state index contributed by atoms with van der Waals surface area (Å²) >= 11 is 0. The maximum Gasteiger partial charge on any atom is 0.224 e. The van der Waals surface area contributed by atoms with E-state index in [1.165, 1.54) is 12.8 Å². The van der Waals surface area contributed by atoms with Crippen molar-refractivity contribution in [2.24, 2.45) is 0 Å². The molecule has 0 radical (unpaired) electrons. The molecule has 2 rings (SSSR count). The Balaban J connectivity index is 1.70. The van der Waals surface area contributed by atoms with Crippen LogP contribution in [0.3, 0.4) is 0 Å². The minimum atomic E-state index is -0.0318. The average Bonchev–Trinajstić information content (AvgIpc) is 2.85. The molecule has 1 amide bonds. The molecule has 0 atom stereocenters. The summed E-state index contributed by atoms with van der Waals surface area (Å²) in [6.45, 7) is 3.91. The van der Waals surface area contributed by atoms with Crippen molar-refractivity contribution < 1.29 is 9.90 Å². The fraction of sp³-hybridized carbons (Fsp3) is 0.500. The lowest BCUT2D eigenvalue weighted by Gasteiger charge is -2.14. The molecule has 0 aliphatic carbocycles. The van der Waals surface area contributed by atoms with Crippen molar-refractivity contribution in [1.82, 2.24) is 10.2 Å². The number of phenols is 1. The topological polar surface area (TPSA) is 52.6 Å². The van der Waals surface area contributed by atoms with Gasteiger partial charge in [-0.15, -0.1) is 0 Å². The van der Waals surface area contributed by atoms with Crippen LogP contribution in [-0.2, 0) is 11.2 Å². The minimum Gasteiger partial charge on any atom is -0.508 e. The van der Waals surface area contributed by atoms with Crippen molar-refractivity contribution in [2.75, 3.05) is 26.2 Å². The Kier molecular flexibility index (Phi) is 4.59. The second-order valence-electron chi connectivity index (χ2n) is 4.70. The molecule has 4 heteroatoms. The zero-order chi connectivity index (χ0) is 12.8. The molecule has 1 fully saturated rings. The van der Waals surface area contributed by atoms with Crippen LogP contribution in [0.1, 0.15) is 18.4 Å². The Hall–Kier alpha value is -1.55. The Bertz CT molecular complexity index is 401. The molecule has 0 spiro atoms. The molecule has 2 N–H and O–H groups in total. The number of aromatic hydroxyl groups is 1. The van der Waals surface area contributed by atoms with Crippen molar-refractivity contribution in [2.45, 2.75) is 19.3 Å². The van der Waals surface area contributed by atoms with Crippen LogP contribution in [0.4, 0.5) is 0 Å². The third kappa shape index (κ3) is 3.74. The number of hydrogen-bond acceptors (Lipinski definition) is 3. The molecule has 98 valence electrons. The fourth-order valence-electron chi connectivity index (χ4n) is 2.26. The lowest BCUT2D eigenvalue weighted by Crippen LogP contribution is -2.34. The molecule has 1 saturated heterocycles. The first-order valence-electron chi connectivity index (χ1n) is 6.51. The smallest absolute Gasteiger partial charge is 0.224 e. The van der Waals surface area contributed by atoms with Crippen LogP contribution >= 0.6 is 0 Å². The van der Waals surface area contributed by atoms with Crippen molar-refractivity contribution >= 4 is 5.91 Å². The predicted octanol–water partition coefficient (Wildman–Crippen LogP) is 1.15. The number of likely N-dealkylation sites (tertiary alicyclic amines) is 1. The van der Waals surface area contributed by atoms with Gasteiger partial charge in [0.2, 0.25) is 5.91 Å². The lowest BCUT2D eigenvalue weighted by atomic mass is 10.1. The van der Waals surface area contributed by atoms with Gasteiger partial charge in [0.15, 0.2) is 0 Å². The number of carbonyl (C=O) groups is 1. The van der Waals surface area contributed by atoms with Crippen molar-refractivity contribution in [3.05, 3.63) is 29.8 Å². The number of phenolic OH excluding ortho intramolecular Hbond substituents is 1. The summed E-state index contributed by atoms with van der Waals surface area (Å²) in [6, 6.07) is 6.96. The molecule has 1 aromatic carbocycles. The van der Waals surface area contributed by atoms with E-state index in [2.05, 4.69) is 10.2 Å². The summed E-state index contributed by atoms with van der Waals surface area (Å²) in [4.78, 5) is 14.1. The van der Waals surface area contributed by atoms with Crippen LogP contribution in [0.2, 0.25) is 0 Å². The highest BCUT2D eigenvalue weighted by atomic mass is 16.3. The molecule has 4 nitrogen and oxygen atoms in total. The number of hydrogen-bond donors (Lipinski definition) is 2. The highest BCUT2D eigenvalue weighted by Crippen LogP contribution is 2.15. The Morgan fingerprint density at radius 2 is 2.00 bits per heavy atom. The van der Waals surface area contributed by atoms with E-state index in [1.54, 1.807) is 18.2 Å². The standard InChI is InChI=1S/C14H20N2O2/c17-13-6-2-1-5-12(13)11-14(18)15-7-10-16-8-3-4-9-16/h1-2,5-6,17H,3-4,7-11H2,(H,15,18). The van der Waals surface area contributed by atoms with Crippen LogP contribution in [0, 0.1) is 0 Å². The first kappa shape index (κ1) is 12.9. The SMILES string of the molecule is O=C(Cc1ccccc1O)NCCN1CCCC1. The average molecular weight is 248 g/mol. The first-order valence-corrected chi connectivity index (χ1v) is 6.51. The maximum atomic E-state index is 11.7. The van der Waals surface area contributed by atoms with Crippen LogP contribution in [0.25, 0.3) is 0 Å². The second kappa shape index (κ2) is 6.40. The zero-order valence-electron chi connectivity index (χ0n) is 10.6. The summed E-state index contributed by atoms with van der Waals surface area (Å²) < 4.78 is 0. The normalized spacial score (nSPS) is 15.8. The number of nitrogens with one attached hydrogen (secondary N) is 1. The van der Waals surface area contributed by atoms with E-state index < -0.39 is 0 Å². The van der Waals surface area contributed by atoms with Gasteiger partial charge in [0.05, 0.1) is 6.42 Å². The van der Waals surface area contributed by atoms with Crippen LogP contribution in [-0.4, -0.2) is 42.1 Å². The monoisotopic (exact) mass is 248 g/mol. The molecule has 1 heterocycles. The van der Waals surface area contributed by atoms with E-state index in [9.17, 15) is 9.90 Å². The Morgan fingerprint density at radius 3 is 2.72 bits per heavy atom. The highest BCUT2D eigenvalue weighted by Gasteiger charge is 2.11. The van der Waals surface area contributed by atoms with E-state index in [1.807, 2.05) is 6.07 Å². The molecular weight excluding hydrogens is 228 g/mol. The number of rotatable bonds is 5. The number of para-hydroxylation sites is 1. The van der Waals surface area contributed by atoms with Gasteiger partial charge >= 0.3 is 0 Å². The van der Waals surface area contributed by atoms with Gasteiger partial charge in [-0.25, -0.2) is 0 Å². The van der Waals surface area contributed by atoms with Gasteiger partial charge in [-0.2, -0.15) is 0 Å². The number of nitrogens with zero attached hydrogens (tertiary/aromatic N) is 1. The van der Waals surface area contributed by atoms with Gasteiger partial charge in [-0.3, -0.25) is 4.79 Å². The predicted molar refractivity (Wildman–Crippen MR) is 70.5 cm³/mol. The van der Waals surface area contributed by atoms with Gasteiger partial charge in [-0.1, -0.05) is 18.2 Å². The van der Waals surface area contributed by atoms with Gasteiger partial charge in [0.25, 0.3) is 0 Å². The van der Waals surface area contributed by atoms with Gasteiger partial charge in [0.1, 0.15) is 5.75 Å². The highest BCUT2D eigenvalue weighted by molar-refractivity contribution is 5.79. The van der Waals surface area contributed by atoms with Crippen LogP contribution < -0.4 is 5.32 Å². The van der Waals surface area contributed by atoms with Gasteiger partial charge < -0.3 is 15.3 Å². The molecule has 18 heavy (non-hydrogen) atoms. The molecule has 1 aliphatic rings. The number of carbonyl (C=O) groups excluding carboxylic acids is 1. The molecule has 1 aromatic rings. The van der Waals surface area contributed by atoms with E-state index in [0.29, 0.717) is 12.1 Å². The summed E-state index contributed by atoms with van der Waals surface area (Å²) in [5.74, 6) is 0.155. The molecule has 1 aliphatic heterocycles. The minimum absolute atomic E-state index is 0.0318. The summed E-state index contributed by atoms with van der Waals surface area (Å²) in [7, 11) is 0. The van der Waals surface area contributed by atoms with E-state index in [4.69, 9.17) is 0 Å². The largest absolute Gasteiger partial charge is 0.508 e. The van der Waals surface area contributed by atoms with Crippen LogP contribution in [0.5, 0.6) is 5.75 Å². The Labute approximate surface area is 108 Å². The van der Waals surface area contributed by atoms with E-state index in [-0.39, 0.29) is 18.1 Å². The third-order valence-corrected chi connectivity index (χ3v) is 3.29. The quantitative estimate of drug-likeness (QED) is 0.822. The van der Waals surface area contributed by atoms with Crippen LogP contribution in [0.15, 0.2) is 24.3 Å². The Morgan fingerprint density at radius 1 is 1.28 bits per heavy atom. The summed E-state index contributed by atoms with van der Waals surface area (Å²) in [5, 5.41) is 12.5. The fourth-order valence-corrected chi connectivity index (χ4v) is 2.26.